The number of nitrogens with zero attached hydrogens (tertiary/aromatic N) is 5. The van der Waals surface area contributed by atoms with Gasteiger partial charge in [-0.1, -0.05) is 6.92 Å². The van der Waals surface area contributed by atoms with Gasteiger partial charge in [-0.3, -0.25) is 0 Å². The summed E-state index contributed by atoms with van der Waals surface area (Å²) < 4.78 is 0. The number of likely N-dealkylation sites (N-methyl/N-ethyl adjacent to an activating group) is 2. The van der Waals surface area contributed by atoms with E-state index in [0.29, 0.717) is 6.54 Å². The summed E-state index contributed by atoms with van der Waals surface area (Å²) in [5, 5.41) is 0. The van der Waals surface area contributed by atoms with Crippen LogP contribution in [-0.2, 0) is 19.5 Å². The maximum absolute atomic E-state index is 5.93. The van der Waals surface area contributed by atoms with E-state index >= 15 is 0 Å². The first-order valence-electron chi connectivity index (χ1n) is 7.95. The summed E-state index contributed by atoms with van der Waals surface area (Å²) >= 11 is 0. The third-order valence-electron chi connectivity index (χ3n) is 4.62. The lowest BCUT2D eigenvalue weighted by molar-refractivity contribution is 0.269. The minimum Gasteiger partial charge on any atom is -0.338 e. The van der Waals surface area contributed by atoms with Gasteiger partial charge in [0.2, 0.25) is 5.95 Å². The first kappa shape index (κ1) is 20.4. The van der Waals surface area contributed by atoms with Crippen LogP contribution in [0.3, 0.4) is 0 Å². The summed E-state index contributed by atoms with van der Waals surface area (Å²) in [7, 11) is 2.14. The molecule has 0 bridgehead atoms. The maximum Gasteiger partial charge on any atom is 0.225 e. The summed E-state index contributed by atoms with van der Waals surface area (Å²) in [6, 6.07) is 0. The van der Waals surface area contributed by atoms with Gasteiger partial charge in [-0.15, -0.1) is 24.8 Å². The van der Waals surface area contributed by atoms with Crippen LogP contribution in [0.25, 0.3) is 0 Å². The van der Waals surface area contributed by atoms with Crippen molar-refractivity contribution < 1.29 is 0 Å². The fourth-order valence-electron chi connectivity index (χ4n) is 3.18. The molecule has 0 amide bonds. The van der Waals surface area contributed by atoms with Crippen molar-refractivity contribution in [1.82, 2.24) is 19.8 Å². The molecule has 6 nitrogen and oxygen atoms in total. The van der Waals surface area contributed by atoms with Crippen molar-refractivity contribution in [2.75, 3.05) is 51.2 Å². The first-order chi connectivity index (χ1) is 10.2. The van der Waals surface area contributed by atoms with Crippen LogP contribution in [0.4, 0.5) is 5.95 Å². The largest absolute Gasteiger partial charge is 0.338 e. The highest BCUT2D eigenvalue weighted by molar-refractivity contribution is 5.85. The molecule has 3 rings (SSSR count). The van der Waals surface area contributed by atoms with Gasteiger partial charge in [0.15, 0.2) is 0 Å². The van der Waals surface area contributed by atoms with Crippen LogP contribution < -0.4 is 10.6 Å². The van der Waals surface area contributed by atoms with E-state index < -0.39 is 0 Å². The van der Waals surface area contributed by atoms with E-state index in [4.69, 9.17) is 15.7 Å². The van der Waals surface area contributed by atoms with Crippen LogP contribution in [0.5, 0.6) is 0 Å². The van der Waals surface area contributed by atoms with E-state index in [-0.39, 0.29) is 24.8 Å². The normalized spacial score (nSPS) is 18.8. The van der Waals surface area contributed by atoms with Gasteiger partial charge in [0, 0.05) is 57.8 Å². The minimum absolute atomic E-state index is 0. The third-order valence-corrected chi connectivity index (χ3v) is 4.62. The van der Waals surface area contributed by atoms with E-state index in [1.165, 1.54) is 11.3 Å². The molecule has 0 spiro atoms. The predicted molar refractivity (Wildman–Crippen MR) is 98.8 cm³/mol. The summed E-state index contributed by atoms with van der Waals surface area (Å²) in [5.74, 6) is 0.884. The molecule has 0 saturated carbocycles. The summed E-state index contributed by atoms with van der Waals surface area (Å²) in [5.41, 5.74) is 9.41. The molecule has 0 aliphatic carbocycles. The smallest absolute Gasteiger partial charge is 0.225 e. The van der Waals surface area contributed by atoms with Crippen LogP contribution in [0.15, 0.2) is 0 Å². The fourth-order valence-corrected chi connectivity index (χ4v) is 3.18. The molecule has 3 heterocycles. The fraction of sp³-hybridized carbons (Fsp3) is 0.733. The van der Waals surface area contributed by atoms with Gasteiger partial charge in [0.25, 0.3) is 0 Å². The number of hydrogen-bond donors (Lipinski definition) is 1. The molecule has 2 aliphatic rings. The van der Waals surface area contributed by atoms with Crippen molar-refractivity contribution >= 4 is 30.8 Å². The summed E-state index contributed by atoms with van der Waals surface area (Å²) in [4.78, 5) is 16.7. The molecule has 8 heteroatoms. The average Bonchev–Trinajstić information content (AvgIpc) is 2.54. The highest BCUT2D eigenvalue weighted by Gasteiger charge is 2.23. The van der Waals surface area contributed by atoms with Crippen LogP contribution in [0.2, 0.25) is 0 Å². The topological polar surface area (TPSA) is 61.5 Å². The van der Waals surface area contributed by atoms with Crippen molar-refractivity contribution in [1.29, 1.82) is 0 Å². The molecule has 1 aromatic rings. The molecular weight excluding hydrogens is 335 g/mol. The predicted octanol–water partition coefficient (Wildman–Crippen LogP) is 0.909. The number of fused-ring (bicyclic) bond motifs is 1. The van der Waals surface area contributed by atoms with Crippen LogP contribution in [-0.4, -0.2) is 66.1 Å². The molecule has 2 aliphatic heterocycles. The number of piperazine rings is 1. The lowest BCUT2D eigenvalue weighted by atomic mass is 10.0. The Labute approximate surface area is 151 Å². The average molecular weight is 363 g/mol. The third kappa shape index (κ3) is 4.45. The second kappa shape index (κ2) is 8.99. The first-order valence-corrected chi connectivity index (χ1v) is 7.95. The van der Waals surface area contributed by atoms with Crippen LogP contribution in [0.1, 0.15) is 23.9 Å². The number of hydrogen-bond acceptors (Lipinski definition) is 6. The van der Waals surface area contributed by atoms with E-state index in [9.17, 15) is 0 Å². The number of anilines is 1. The zero-order valence-electron chi connectivity index (χ0n) is 14.0. The second-order valence-electron chi connectivity index (χ2n) is 6.01. The molecule has 0 aromatic carbocycles. The molecular formula is C15H28Cl2N6. The Morgan fingerprint density at radius 2 is 1.74 bits per heavy atom. The van der Waals surface area contributed by atoms with Crippen LogP contribution in [0, 0.1) is 0 Å². The second-order valence-corrected chi connectivity index (χ2v) is 6.01. The number of aromatic nitrogens is 2. The number of rotatable bonds is 3. The molecule has 1 aromatic heterocycles. The number of nitrogens with two attached hydrogens (primary N) is 1. The monoisotopic (exact) mass is 362 g/mol. The molecule has 1 fully saturated rings. The Balaban J connectivity index is 0.00000132. The molecule has 0 radical (unpaired) electrons. The van der Waals surface area contributed by atoms with Gasteiger partial charge in [-0.25, -0.2) is 9.97 Å². The van der Waals surface area contributed by atoms with Gasteiger partial charge in [-0.2, -0.15) is 0 Å². The Kier molecular flexibility index (Phi) is 7.97. The van der Waals surface area contributed by atoms with E-state index in [1.807, 2.05) is 0 Å². The standard InChI is InChI=1S/C15H26N6.2ClH/c1-3-20-6-8-21(9-7-20)15-17-13-4-5-19(2)11-12(13)14(10-16)18-15;;/h3-11,16H2,1-2H3;2*1H. The van der Waals surface area contributed by atoms with Gasteiger partial charge < -0.3 is 20.4 Å². The Morgan fingerprint density at radius 1 is 1.04 bits per heavy atom. The Morgan fingerprint density at radius 3 is 2.35 bits per heavy atom. The summed E-state index contributed by atoms with van der Waals surface area (Å²) in [6.45, 7) is 10.0. The van der Waals surface area contributed by atoms with Crippen molar-refractivity contribution in [3.8, 4) is 0 Å². The van der Waals surface area contributed by atoms with Gasteiger partial charge >= 0.3 is 0 Å². The lowest BCUT2D eigenvalue weighted by Crippen LogP contribution is -2.47. The zero-order chi connectivity index (χ0) is 14.8. The van der Waals surface area contributed by atoms with Gasteiger partial charge in [0.05, 0.1) is 11.4 Å². The Bertz CT molecular complexity index is 488. The lowest BCUT2D eigenvalue weighted by Gasteiger charge is -2.35. The highest BCUT2D eigenvalue weighted by atomic mass is 35.5. The molecule has 1 saturated heterocycles. The molecule has 2 N–H and O–H groups in total. The van der Waals surface area contributed by atoms with Gasteiger partial charge in [-0.05, 0) is 13.6 Å². The van der Waals surface area contributed by atoms with Crippen molar-refractivity contribution in [2.45, 2.75) is 26.4 Å². The summed E-state index contributed by atoms with van der Waals surface area (Å²) in [6.07, 6.45) is 1.00. The number of halogens is 2. The van der Waals surface area contributed by atoms with Crippen molar-refractivity contribution in [2.24, 2.45) is 5.73 Å². The SMILES string of the molecule is CCN1CCN(c2nc(CN)c3c(n2)CCN(C)C3)CC1.Cl.Cl. The van der Waals surface area contributed by atoms with Crippen LogP contribution >= 0.6 is 24.8 Å². The van der Waals surface area contributed by atoms with E-state index in [1.54, 1.807) is 0 Å². The zero-order valence-corrected chi connectivity index (χ0v) is 15.6. The van der Waals surface area contributed by atoms with Crippen molar-refractivity contribution in [3.05, 3.63) is 17.0 Å². The highest BCUT2D eigenvalue weighted by Crippen LogP contribution is 2.22. The molecule has 132 valence electrons. The van der Waals surface area contributed by atoms with E-state index in [2.05, 4.69) is 28.7 Å². The molecule has 0 unspecified atom stereocenters. The minimum atomic E-state index is 0. The maximum atomic E-state index is 5.93. The molecule has 0 atom stereocenters. The van der Waals surface area contributed by atoms with Gasteiger partial charge in [0.1, 0.15) is 0 Å². The van der Waals surface area contributed by atoms with Crippen molar-refractivity contribution in [3.63, 3.8) is 0 Å². The molecule has 23 heavy (non-hydrogen) atoms. The Hall–Kier alpha value is -0.660. The quantitative estimate of drug-likeness (QED) is 0.862. The van der Waals surface area contributed by atoms with E-state index in [0.717, 1.165) is 63.9 Å².